The average molecular weight is 496 g/mol. The Balaban J connectivity index is 1.52. The van der Waals surface area contributed by atoms with E-state index >= 15 is 0 Å². The van der Waals surface area contributed by atoms with E-state index in [9.17, 15) is 18.0 Å². The van der Waals surface area contributed by atoms with Crippen molar-refractivity contribution in [2.24, 2.45) is 0 Å². The van der Waals surface area contributed by atoms with Gasteiger partial charge >= 0.3 is 5.97 Å². The molecule has 1 saturated heterocycles. The van der Waals surface area contributed by atoms with Gasteiger partial charge in [-0.3, -0.25) is 9.59 Å². The van der Waals surface area contributed by atoms with E-state index in [1.165, 1.54) is 38.1 Å². The lowest BCUT2D eigenvalue weighted by atomic mass is 10.2. The Morgan fingerprint density at radius 3 is 2.24 bits per heavy atom. The van der Waals surface area contributed by atoms with E-state index in [1.807, 2.05) is 12.1 Å². The predicted molar refractivity (Wildman–Crippen MR) is 125 cm³/mol. The molecule has 2 aromatic rings. The van der Waals surface area contributed by atoms with Crippen LogP contribution in [-0.2, 0) is 29.1 Å². The lowest BCUT2D eigenvalue weighted by Crippen LogP contribution is -2.42. The van der Waals surface area contributed by atoms with Gasteiger partial charge in [-0.25, -0.2) is 8.42 Å². The standard InChI is InChI=1S/C22H26ClN3O6S/c1-15(25-33(29,30)20-9-3-17(23)4-10-20)22(28)32-16(2)21(27)24-18-5-7-19(8-6-18)26-11-13-31-14-12-26/h3-10,15-16,25H,11-14H2,1-2H3,(H,24,27)/t15-,16?/m0/s1. The van der Waals surface area contributed by atoms with Crippen LogP contribution in [0.25, 0.3) is 0 Å². The van der Waals surface area contributed by atoms with Crippen molar-refractivity contribution in [2.75, 3.05) is 36.5 Å². The van der Waals surface area contributed by atoms with Gasteiger partial charge in [0, 0.05) is 29.5 Å². The number of esters is 1. The Bertz CT molecular complexity index is 1070. The van der Waals surface area contributed by atoms with Crippen molar-refractivity contribution in [3.8, 4) is 0 Å². The second-order valence-corrected chi connectivity index (χ2v) is 9.66. The summed E-state index contributed by atoms with van der Waals surface area (Å²) in [6, 6.07) is 11.6. The number of anilines is 2. The summed E-state index contributed by atoms with van der Waals surface area (Å²) in [5, 5.41) is 3.07. The van der Waals surface area contributed by atoms with Crippen molar-refractivity contribution in [1.29, 1.82) is 0 Å². The molecule has 2 atom stereocenters. The minimum absolute atomic E-state index is 0.0436. The third-order valence-electron chi connectivity index (χ3n) is 4.98. The number of nitrogens with zero attached hydrogens (tertiary/aromatic N) is 1. The number of carbonyl (C=O) groups excluding carboxylic acids is 2. The van der Waals surface area contributed by atoms with E-state index in [0.717, 1.165) is 18.8 Å². The van der Waals surface area contributed by atoms with Gasteiger partial charge in [-0.2, -0.15) is 4.72 Å². The summed E-state index contributed by atoms with van der Waals surface area (Å²) in [6.45, 7) is 5.71. The summed E-state index contributed by atoms with van der Waals surface area (Å²) in [6.07, 6.45) is -1.13. The SMILES string of the molecule is CC(OC(=O)[C@H](C)NS(=O)(=O)c1ccc(Cl)cc1)C(=O)Nc1ccc(N2CCOCC2)cc1. The number of hydrogen-bond acceptors (Lipinski definition) is 7. The Morgan fingerprint density at radius 2 is 1.64 bits per heavy atom. The number of ether oxygens (including phenoxy) is 2. The van der Waals surface area contributed by atoms with Gasteiger partial charge in [-0.05, 0) is 62.4 Å². The molecule has 178 valence electrons. The molecule has 1 aliphatic rings. The minimum atomic E-state index is -3.96. The molecule has 3 rings (SSSR count). The first-order chi connectivity index (χ1) is 15.7. The fourth-order valence-electron chi connectivity index (χ4n) is 3.11. The third kappa shape index (κ3) is 6.91. The molecule has 1 unspecified atom stereocenters. The number of rotatable bonds is 8. The zero-order valence-corrected chi connectivity index (χ0v) is 19.9. The molecule has 1 amide bonds. The average Bonchev–Trinajstić information content (AvgIpc) is 2.80. The summed E-state index contributed by atoms with van der Waals surface area (Å²) in [5.74, 6) is -1.41. The predicted octanol–water partition coefficient (Wildman–Crippen LogP) is 2.41. The Hall–Kier alpha value is -2.66. The monoisotopic (exact) mass is 495 g/mol. The molecule has 1 heterocycles. The molecule has 0 aliphatic carbocycles. The summed E-state index contributed by atoms with van der Waals surface area (Å²) < 4.78 is 37.5. The topological polar surface area (TPSA) is 114 Å². The fourth-order valence-corrected chi connectivity index (χ4v) is 4.43. The molecule has 11 heteroatoms. The largest absolute Gasteiger partial charge is 0.451 e. The summed E-state index contributed by atoms with van der Waals surface area (Å²) in [4.78, 5) is 26.9. The van der Waals surface area contributed by atoms with E-state index in [2.05, 4.69) is 14.9 Å². The van der Waals surface area contributed by atoms with Gasteiger partial charge in [0.25, 0.3) is 5.91 Å². The van der Waals surface area contributed by atoms with E-state index in [1.54, 1.807) is 12.1 Å². The molecule has 0 saturated carbocycles. The molecule has 0 radical (unpaired) electrons. The van der Waals surface area contributed by atoms with Gasteiger partial charge in [-0.1, -0.05) is 11.6 Å². The lowest BCUT2D eigenvalue weighted by Gasteiger charge is -2.29. The first kappa shape index (κ1) is 25.0. The van der Waals surface area contributed by atoms with Crippen LogP contribution in [0, 0.1) is 0 Å². The van der Waals surface area contributed by atoms with Crippen LogP contribution in [0.1, 0.15) is 13.8 Å². The number of sulfonamides is 1. The molecular formula is C22H26ClN3O6S. The number of amides is 1. The number of hydrogen-bond donors (Lipinski definition) is 2. The first-order valence-corrected chi connectivity index (χ1v) is 12.2. The lowest BCUT2D eigenvalue weighted by molar-refractivity contribution is -0.154. The highest BCUT2D eigenvalue weighted by Crippen LogP contribution is 2.19. The van der Waals surface area contributed by atoms with E-state index in [4.69, 9.17) is 21.1 Å². The van der Waals surface area contributed by atoms with Crippen LogP contribution in [-0.4, -0.2) is 58.7 Å². The van der Waals surface area contributed by atoms with Crippen LogP contribution in [0.5, 0.6) is 0 Å². The zero-order valence-electron chi connectivity index (χ0n) is 18.3. The number of benzene rings is 2. The number of halogens is 1. The molecule has 0 bridgehead atoms. The first-order valence-electron chi connectivity index (χ1n) is 10.4. The summed E-state index contributed by atoms with van der Waals surface area (Å²) >= 11 is 5.77. The third-order valence-corrected chi connectivity index (χ3v) is 6.79. The zero-order chi connectivity index (χ0) is 24.0. The maximum Gasteiger partial charge on any atom is 0.324 e. The molecule has 0 spiro atoms. The van der Waals surface area contributed by atoms with Gasteiger partial charge in [0.1, 0.15) is 6.04 Å². The molecule has 9 nitrogen and oxygen atoms in total. The van der Waals surface area contributed by atoms with Crippen molar-refractivity contribution in [2.45, 2.75) is 30.9 Å². The second kappa shape index (κ2) is 11.0. The summed E-state index contributed by atoms with van der Waals surface area (Å²) in [5.41, 5.74) is 1.58. The highest BCUT2D eigenvalue weighted by atomic mass is 35.5. The van der Waals surface area contributed by atoms with Gasteiger partial charge < -0.3 is 19.7 Å². The van der Waals surface area contributed by atoms with Crippen molar-refractivity contribution in [1.82, 2.24) is 4.72 Å². The number of nitrogens with one attached hydrogen (secondary N) is 2. The molecule has 2 aromatic carbocycles. The van der Waals surface area contributed by atoms with Gasteiger partial charge in [0.2, 0.25) is 10.0 Å². The van der Waals surface area contributed by atoms with E-state index < -0.39 is 34.0 Å². The highest BCUT2D eigenvalue weighted by molar-refractivity contribution is 7.89. The Kier molecular flexibility index (Phi) is 8.30. The van der Waals surface area contributed by atoms with Crippen LogP contribution in [0.4, 0.5) is 11.4 Å². The normalized spacial score (nSPS) is 16.0. The van der Waals surface area contributed by atoms with E-state index in [0.29, 0.717) is 23.9 Å². The van der Waals surface area contributed by atoms with Crippen molar-refractivity contribution in [3.63, 3.8) is 0 Å². The molecule has 0 aromatic heterocycles. The second-order valence-electron chi connectivity index (χ2n) is 7.51. The van der Waals surface area contributed by atoms with Crippen LogP contribution in [0.2, 0.25) is 5.02 Å². The van der Waals surface area contributed by atoms with Crippen LogP contribution in [0.15, 0.2) is 53.4 Å². The Labute approximate surface area is 198 Å². The van der Waals surface area contributed by atoms with Gasteiger partial charge in [0.05, 0.1) is 18.1 Å². The van der Waals surface area contributed by atoms with Crippen molar-refractivity contribution < 1.29 is 27.5 Å². The maximum absolute atomic E-state index is 12.4. The maximum atomic E-state index is 12.4. The smallest absolute Gasteiger partial charge is 0.324 e. The fraction of sp³-hybridized carbons (Fsp3) is 0.364. The summed E-state index contributed by atoms with van der Waals surface area (Å²) in [7, 11) is -3.96. The number of morpholine rings is 1. The molecule has 1 aliphatic heterocycles. The van der Waals surface area contributed by atoms with Crippen LogP contribution >= 0.6 is 11.6 Å². The van der Waals surface area contributed by atoms with E-state index in [-0.39, 0.29) is 4.90 Å². The minimum Gasteiger partial charge on any atom is -0.451 e. The molecule has 2 N–H and O–H groups in total. The molecule has 33 heavy (non-hydrogen) atoms. The van der Waals surface area contributed by atoms with Crippen molar-refractivity contribution >= 4 is 44.9 Å². The molecule has 1 fully saturated rings. The number of carbonyl (C=O) groups is 2. The van der Waals surface area contributed by atoms with Gasteiger partial charge in [-0.15, -0.1) is 0 Å². The van der Waals surface area contributed by atoms with Crippen molar-refractivity contribution in [3.05, 3.63) is 53.6 Å². The van der Waals surface area contributed by atoms with Gasteiger partial charge in [0.15, 0.2) is 6.10 Å². The van der Waals surface area contributed by atoms with Crippen LogP contribution in [0.3, 0.4) is 0 Å². The molecular weight excluding hydrogens is 470 g/mol. The quantitative estimate of drug-likeness (QED) is 0.540. The van der Waals surface area contributed by atoms with Crippen LogP contribution < -0.4 is 14.9 Å². The Morgan fingerprint density at radius 1 is 1.03 bits per heavy atom. The highest BCUT2D eigenvalue weighted by Gasteiger charge is 2.26.